The second kappa shape index (κ2) is 5.59. The van der Waals surface area contributed by atoms with Gasteiger partial charge in [-0.25, -0.2) is 9.97 Å². The number of nitrogens with zero attached hydrogens (tertiary/aromatic N) is 2. The van der Waals surface area contributed by atoms with E-state index < -0.39 is 0 Å². The van der Waals surface area contributed by atoms with E-state index in [4.69, 9.17) is 0 Å². The summed E-state index contributed by atoms with van der Waals surface area (Å²) in [6.45, 7) is 4.30. The molecular formula is C16H17N3S. The summed E-state index contributed by atoms with van der Waals surface area (Å²) in [6, 6.07) is 12.7. The Morgan fingerprint density at radius 2 is 2.05 bits per heavy atom. The van der Waals surface area contributed by atoms with E-state index in [1.807, 2.05) is 41.8 Å². The summed E-state index contributed by atoms with van der Waals surface area (Å²) in [7, 11) is 0. The molecule has 1 aromatic carbocycles. The van der Waals surface area contributed by atoms with Crippen molar-refractivity contribution in [3.8, 4) is 0 Å². The van der Waals surface area contributed by atoms with Crippen molar-refractivity contribution in [3.63, 3.8) is 0 Å². The van der Waals surface area contributed by atoms with Crippen LogP contribution in [-0.4, -0.2) is 16.0 Å². The molecule has 1 N–H and O–H groups in total. The minimum atomic E-state index is 0.314. The lowest BCUT2D eigenvalue weighted by molar-refractivity contribution is 0.788. The number of benzene rings is 1. The molecule has 0 spiro atoms. The number of aryl methyl sites for hydroxylation is 1. The Bertz CT molecular complexity index is 720. The number of fused-ring (bicyclic) bond motifs is 1. The van der Waals surface area contributed by atoms with Crippen molar-refractivity contribution >= 4 is 28.2 Å². The van der Waals surface area contributed by atoms with Crippen LogP contribution in [0.3, 0.4) is 0 Å². The highest BCUT2D eigenvalue weighted by atomic mass is 32.1. The number of thiophene rings is 1. The third-order valence-electron chi connectivity index (χ3n) is 3.17. The van der Waals surface area contributed by atoms with Gasteiger partial charge in [-0.1, -0.05) is 18.2 Å². The van der Waals surface area contributed by atoms with Crippen molar-refractivity contribution in [2.24, 2.45) is 0 Å². The average molecular weight is 283 g/mol. The van der Waals surface area contributed by atoms with Gasteiger partial charge >= 0.3 is 0 Å². The summed E-state index contributed by atoms with van der Waals surface area (Å²) in [5.41, 5.74) is 0.976. The highest BCUT2D eigenvalue weighted by Crippen LogP contribution is 2.18. The van der Waals surface area contributed by atoms with Gasteiger partial charge < -0.3 is 5.32 Å². The molecule has 0 aliphatic heterocycles. The predicted molar refractivity (Wildman–Crippen MR) is 85.4 cm³/mol. The lowest BCUT2D eigenvalue weighted by Gasteiger charge is -2.13. The van der Waals surface area contributed by atoms with Crippen molar-refractivity contribution in [1.29, 1.82) is 0 Å². The van der Waals surface area contributed by atoms with Gasteiger partial charge in [0.15, 0.2) is 0 Å². The van der Waals surface area contributed by atoms with Crippen LogP contribution in [0.5, 0.6) is 0 Å². The summed E-state index contributed by atoms with van der Waals surface area (Å²) in [5, 5.41) is 4.45. The Hall–Kier alpha value is -1.94. The van der Waals surface area contributed by atoms with Gasteiger partial charge in [0.2, 0.25) is 5.95 Å². The molecule has 3 rings (SSSR count). The lowest BCUT2D eigenvalue weighted by Crippen LogP contribution is -2.19. The van der Waals surface area contributed by atoms with Gasteiger partial charge in [0.1, 0.15) is 0 Å². The first-order valence-corrected chi connectivity index (χ1v) is 7.56. The second-order valence-electron chi connectivity index (χ2n) is 5.01. The highest BCUT2D eigenvalue weighted by molar-refractivity contribution is 7.11. The molecule has 3 aromatic rings. The summed E-state index contributed by atoms with van der Waals surface area (Å²) >= 11 is 1.85. The van der Waals surface area contributed by atoms with Gasteiger partial charge in [0, 0.05) is 33.8 Å². The molecule has 20 heavy (non-hydrogen) atoms. The van der Waals surface area contributed by atoms with Crippen LogP contribution >= 0.6 is 11.3 Å². The molecule has 0 saturated carbocycles. The number of anilines is 1. The Morgan fingerprint density at radius 3 is 2.85 bits per heavy atom. The highest BCUT2D eigenvalue weighted by Gasteiger charge is 2.07. The van der Waals surface area contributed by atoms with Crippen molar-refractivity contribution in [3.05, 3.63) is 52.3 Å². The predicted octanol–water partition coefficient (Wildman–Crippen LogP) is 4.04. The Morgan fingerprint density at radius 1 is 1.20 bits per heavy atom. The zero-order valence-electron chi connectivity index (χ0n) is 11.6. The fourth-order valence-electron chi connectivity index (χ4n) is 2.21. The van der Waals surface area contributed by atoms with Crippen LogP contribution in [0.25, 0.3) is 10.9 Å². The molecule has 0 bridgehead atoms. The maximum atomic E-state index is 4.54. The average Bonchev–Trinajstić information content (AvgIpc) is 2.83. The molecule has 0 amide bonds. The molecule has 0 saturated heterocycles. The number of hydrogen-bond acceptors (Lipinski definition) is 4. The summed E-state index contributed by atoms with van der Waals surface area (Å²) < 4.78 is 0. The van der Waals surface area contributed by atoms with E-state index in [-0.39, 0.29) is 0 Å². The molecule has 3 nitrogen and oxygen atoms in total. The van der Waals surface area contributed by atoms with Gasteiger partial charge in [-0.15, -0.1) is 11.3 Å². The van der Waals surface area contributed by atoms with Gasteiger partial charge in [-0.3, -0.25) is 0 Å². The van der Waals surface area contributed by atoms with Gasteiger partial charge in [0.05, 0.1) is 5.52 Å². The van der Waals surface area contributed by atoms with E-state index in [0.29, 0.717) is 12.0 Å². The standard InChI is InChI=1S/C16H17N3S/c1-11(9-14-8-7-12(2)20-14)18-16-17-10-13-5-3-4-6-15(13)19-16/h3-8,10-11H,9H2,1-2H3,(H,17,18,19). The van der Waals surface area contributed by atoms with Gasteiger partial charge in [-0.05, 0) is 32.0 Å². The van der Waals surface area contributed by atoms with E-state index in [0.717, 1.165) is 17.3 Å². The van der Waals surface area contributed by atoms with Crippen LogP contribution in [0, 0.1) is 6.92 Å². The smallest absolute Gasteiger partial charge is 0.223 e. The van der Waals surface area contributed by atoms with E-state index in [1.165, 1.54) is 9.75 Å². The maximum absolute atomic E-state index is 4.54. The molecule has 0 aliphatic rings. The number of nitrogens with one attached hydrogen (secondary N) is 1. The fraction of sp³-hybridized carbons (Fsp3) is 0.250. The molecule has 1 atom stereocenters. The first kappa shape index (κ1) is 13.1. The summed E-state index contributed by atoms with van der Waals surface area (Å²) in [4.78, 5) is 11.7. The Labute approximate surface area is 122 Å². The molecule has 0 radical (unpaired) electrons. The molecule has 102 valence electrons. The van der Waals surface area contributed by atoms with Crippen LogP contribution in [0.1, 0.15) is 16.7 Å². The molecule has 1 unspecified atom stereocenters. The SMILES string of the molecule is Cc1ccc(CC(C)Nc2ncc3ccccc3n2)s1. The normalized spacial score (nSPS) is 12.5. The third-order valence-corrected chi connectivity index (χ3v) is 4.19. The van der Waals surface area contributed by atoms with Crippen molar-refractivity contribution in [2.75, 3.05) is 5.32 Å². The number of rotatable bonds is 4. The number of aromatic nitrogens is 2. The number of para-hydroxylation sites is 1. The van der Waals surface area contributed by atoms with Crippen LogP contribution in [0.2, 0.25) is 0 Å². The molecule has 2 heterocycles. The largest absolute Gasteiger partial charge is 0.351 e. The summed E-state index contributed by atoms with van der Waals surface area (Å²) in [6.07, 6.45) is 2.86. The zero-order chi connectivity index (χ0) is 13.9. The van der Waals surface area contributed by atoms with Crippen LogP contribution < -0.4 is 5.32 Å². The first-order valence-electron chi connectivity index (χ1n) is 6.74. The minimum Gasteiger partial charge on any atom is -0.351 e. The lowest BCUT2D eigenvalue weighted by atomic mass is 10.2. The Kier molecular flexibility index (Phi) is 3.65. The van der Waals surface area contributed by atoms with Gasteiger partial charge in [-0.2, -0.15) is 0 Å². The summed E-state index contributed by atoms with van der Waals surface area (Å²) in [5.74, 6) is 0.699. The van der Waals surface area contributed by atoms with E-state index in [9.17, 15) is 0 Å². The van der Waals surface area contributed by atoms with Crippen molar-refractivity contribution in [2.45, 2.75) is 26.3 Å². The quantitative estimate of drug-likeness (QED) is 0.785. The second-order valence-corrected chi connectivity index (χ2v) is 6.39. The monoisotopic (exact) mass is 283 g/mol. The third kappa shape index (κ3) is 2.96. The number of hydrogen-bond donors (Lipinski definition) is 1. The fourth-order valence-corrected chi connectivity index (χ4v) is 3.23. The molecule has 0 fully saturated rings. The molecule has 0 aliphatic carbocycles. The van der Waals surface area contributed by atoms with Crippen molar-refractivity contribution < 1.29 is 0 Å². The van der Waals surface area contributed by atoms with Gasteiger partial charge in [0.25, 0.3) is 0 Å². The minimum absolute atomic E-state index is 0.314. The maximum Gasteiger partial charge on any atom is 0.223 e. The van der Waals surface area contributed by atoms with Crippen LogP contribution in [0.4, 0.5) is 5.95 Å². The molecule has 2 aromatic heterocycles. The van der Waals surface area contributed by atoms with Crippen molar-refractivity contribution in [1.82, 2.24) is 9.97 Å². The Balaban J connectivity index is 1.72. The van der Waals surface area contributed by atoms with Crippen LogP contribution in [0.15, 0.2) is 42.6 Å². The zero-order valence-corrected chi connectivity index (χ0v) is 12.4. The topological polar surface area (TPSA) is 37.8 Å². The van der Waals surface area contributed by atoms with E-state index in [1.54, 1.807) is 0 Å². The molecular weight excluding hydrogens is 266 g/mol. The molecule has 4 heteroatoms. The van der Waals surface area contributed by atoms with E-state index in [2.05, 4.69) is 41.3 Å². The van der Waals surface area contributed by atoms with Crippen LogP contribution in [-0.2, 0) is 6.42 Å². The first-order chi connectivity index (χ1) is 9.70. The van der Waals surface area contributed by atoms with E-state index >= 15 is 0 Å².